The average molecular weight is 318 g/mol. The fourth-order valence-electron chi connectivity index (χ4n) is 2.19. The number of benzene rings is 2. The first-order valence-corrected chi connectivity index (χ1v) is 7.19. The number of hydrogen-bond donors (Lipinski definition) is 2. The Bertz CT molecular complexity index is 683. The Morgan fingerprint density at radius 3 is 2.36 bits per heavy atom. The van der Waals surface area contributed by atoms with Gasteiger partial charge >= 0.3 is 5.97 Å². The van der Waals surface area contributed by atoms with Gasteiger partial charge in [0, 0.05) is 10.6 Å². The van der Waals surface area contributed by atoms with Crippen molar-refractivity contribution in [3.05, 3.63) is 70.2 Å². The van der Waals surface area contributed by atoms with Crippen molar-refractivity contribution in [2.75, 3.05) is 0 Å². The topological polar surface area (TPSA) is 66.4 Å². The summed E-state index contributed by atoms with van der Waals surface area (Å²) < 4.78 is 0. The zero-order valence-corrected chi connectivity index (χ0v) is 12.8. The van der Waals surface area contributed by atoms with Crippen LogP contribution in [0, 0.1) is 6.92 Å². The van der Waals surface area contributed by atoms with E-state index < -0.39 is 12.0 Å². The highest BCUT2D eigenvalue weighted by atomic mass is 35.5. The number of hydrogen-bond acceptors (Lipinski definition) is 2. The third-order valence-corrected chi connectivity index (χ3v) is 3.60. The summed E-state index contributed by atoms with van der Waals surface area (Å²) in [5, 5.41) is 12.4. The van der Waals surface area contributed by atoms with Crippen LogP contribution in [-0.2, 0) is 4.79 Å². The molecule has 0 radical (unpaired) electrons. The molecule has 0 fully saturated rings. The number of halogens is 1. The molecular formula is C17H16ClNO3. The number of carbonyl (C=O) groups is 2. The molecule has 0 aliphatic rings. The van der Waals surface area contributed by atoms with E-state index in [-0.39, 0.29) is 12.3 Å². The third-order valence-electron chi connectivity index (χ3n) is 3.35. The van der Waals surface area contributed by atoms with E-state index in [4.69, 9.17) is 16.7 Å². The van der Waals surface area contributed by atoms with Crippen LogP contribution in [-0.4, -0.2) is 17.0 Å². The maximum absolute atomic E-state index is 12.4. The van der Waals surface area contributed by atoms with Gasteiger partial charge in [0.2, 0.25) is 0 Å². The molecule has 0 heterocycles. The van der Waals surface area contributed by atoms with Crippen molar-refractivity contribution in [3.8, 4) is 0 Å². The molecule has 0 saturated heterocycles. The standard InChI is InChI=1S/C17H16ClNO3/c1-11-4-2-3-5-14(11)17(22)19-15(10-16(20)21)12-6-8-13(18)9-7-12/h2-9,15H,10H2,1H3,(H,19,22)(H,20,21)/t15-/m1/s1. The van der Waals surface area contributed by atoms with Crippen LogP contribution in [0.25, 0.3) is 0 Å². The highest BCUT2D eigenvalue weighted by Gasteiger charge is 2.19. The number of carbonyl (C=O) groups excluding carboxylic acids is 1. The van der Waals surface area contributed by atoms with Gasteiger partial charge in [-0.3, -0.25) is 9.59 Å². The number of aliphatic carboxylic acids is 1. The molecule has 0 saturated carbocycles. The Kier molecular flexibility index (Phi) is 5.17. The SMILES string of the molecule is Cc1ccccc1C(=O)N[C@H](CC(=O)O)c1ccc(Cl)cc1. The summed E-state index contributed by atoms with van der Waals surface area (Å²) in [5.41, 5.74) is 2.07. The number of carboxylic acids is 1. The third kappa shape index (κ3) is 4.09. The first kappa shape index (κ1) is 16.0. The Hall–Kier alpha value is -2.33. The molecule has 114 valence electrons. The molecule has 0 aromatic heterocycles. The van der Waals surface area contributed by atoms with Crippen molar-refractivity contribution >= 4 is 23.5 Å². The van der Waals surface area contributed by atoms with E-state index in [0.717, 1.165) is 5.56 Å². The van der Waals surface area contributed by atoms with Crippen LogP contribution in [0.15, 0.2) is 48.5 Å². The normalized spacial score (nSPS) is 11.7. The van der Waals surface area contributed by atoms with Gasteiger partial charge in [0.05, 0.1) is 12.5 Å². The molecule has 22 heavy (non-hydrogen) atoms. The molecule has 0 aliphatic heterocycles. The van der Waals surface area contributed by atoms with E-state index in [9.17, 15) is 9.59 Å². The average Bonchev–Trinajstić information content (AvgIpc) is 2.47. The second-order valence-corrected chi connectivity index (χ2v) is 5.43. The van der Waals surface area contributed by atoms with Crippen LogP contribution in [0.2, 0.25) is 5.02 Å². The van der Waals surface area contributed by atoms with Gasteiger partial charge in [-0.05, 0) is 36.2 Å². The smallest absolute Gasteiger partial charge is 0.305 e. The Balaban J connectivity index is 2.23. The largest absolute Gasteiger partial charge is 0.481 e. The Morgan fingerprint density at radius 1 is 1.14 bits per heavy atom. The Morgan fingerprint density at radius 2 is 1.77 bits per heavy atom. The first-order valence-electron chi connectivity index (χ1n) is 6.81. The molecular weight excluding hydrogens is 302 g/mol. The maximum Gasteiger partial charge on any atom is 0.305 e. The van der Waals surface area contributed by atoms with E-state index >= 15 is 0 Å². The summed E-state index contributed by atoms with van der Waals surface area (Å²) in [4.78, 5) is 23.4. The van der Waals surface area contributed by atoms with E-state index in [1.165, 1.54) is 0 Å². The lowest BCUT2D eigenvalue weighted by Gasteiger charge is -2.18. The van der Waals surface area contributed by atoms with Crippen molar-refractivity contribution < 1.29 is 14.7 Å². The quantitative estimate of drug-likeness (QED) is 0.885. The van der Waals surface area contributed by atoms with Crippen molar-refractivity contribution in [1.29, 1.82) is 0 Å². The molecule has 0 bridgehead atoms. The van der Waals surface area contributed by atoms with Crippen LogP contribution in [0.3, 0.4) is 0 Å². The fraction of sp³-hybridized carbons (Fsp3) is 0.176. The van der Waals surface area contributed by atoms with Crippen LogP contribution in [0.5, 0.6) is 0 Å². The lowest BCUT2D eigenvalue weighted by molar-refractivity contribution is -0.137. The first-order chi connectivity index (χ1) is 10.5. The van der Waals surface area contributed by atoms with Crippen molar-refractivity contribution in [2.45, 2.75) is 19.4 Å². The van der Waals surface area contributed by atoms with Crippen LogP contribution >= 0.6 is 11.6 Å². The summed E-state index contributed by atoms with van der Waals surface area (Å²) in [5.74, 6) is -1.27. The monoisotopic (exact) mass is 317 g/mol. The molecule has 1 atom stereocenters. The fourth-order valence-corrected chi connectivity index (χ4v) is 2.31. The number of amides is 1. The molecule has 4 nitrogen and oxygen atoms in total. The highest BCUT2D eigenvalue weighted by Crippen LogP contribution is 2.20. The predicted molar refractivity (Wildman–Crippen MR) is 85.1 cm³/mol. The second-order valence-electron chi connectivity index (χ2n) is 4.99. The van der Waals surface area contributed by atoms with Gasteiger partial charge in [-0.1, -0.05) is 41.9 Å². The molecule has 0 spiro atoms. The zero-order chi connectivity index (χ0) is 16.1. The van der Waals surface area contributed by atoms with E-state index in [0.29, 0.717) is 16.1 Å². The van der Waals surface area contributed by atoms with E-state index in [1.807, 2.05) is 19.1 Å². The van der Waals surface area contributed by atoms with Crippen molar-refractivity contribution in [3.63, 3.8) is 0 Å². The minimum atomic E-state index is -0.981. The highest BCUT2D eigenvalue weighted by molar-refractivity contribution is 6.30. The number of nitrogens with one attached hydrogen (secondary N) is 1. The summed E-state index contributed by atoms with van der Waals surface area (Å²) in [6.07, 6.45) is -0.195. The van der Waals surface area contributed by atoms with Crippen LogP contribution < -0.4 is 5.32 Å². The summed E-state index contributed by atoms with van der Waals surface area (Å²) >= 11 is 5.84. The zero-order valence-electron chi connectivity index (χ0n) is 12.0. The Labute approximate surface area is 133 Å². The molecule has 0 unspecified atom stereocenters. The molecule has 2 aromatic rings. The lowest BCUT2D eigenvalue weighted by Crippen LogP contribution is -2.30. The molecule has 2 N–H and O–H groups in total. The van der Waals surface area contributed by atoms with Gasteiger partial charge in [-0.2, -0.15) is 0 Å². The maximum atomic E-state index is 12.4. The van der Waals surface area contributed by atoms with Gasteiger partial charge in [0.1, 0.15) is 0 Å². The molecule has 2 aromatic carbocycles. The number of rotatable bonds is 5. The molecule has 1 amide bonds. The molecule has 5 heteroatoms. The van der Waals surface area contributed by atoms with E-state index in [1.54, 1.807) is 36.4 Å². The van der Waals surface area contributed by atoms with Gasteiger partial charge in [-0.25, -0.2) is 0 Å². The number of carboxylic acid groups (broad SMARTS) is 1. The number of aryl methyl sites for hydroxylation is 1. The minimum Gasteiger partial charge on any atom is -0.481 e. The molecule has 0 aliphatic carbocycles. The predicted octanol–water partition coefficient (Wildman–Crippen LogP) is 3.59. The van der Waals surface area contributed by atoms with Gasteiger partial charge in [0.25, 0.3) is 5.91 Å². The van der Waals surface area contributed by atoms with Crippen molar-refractivity contribution in [2.24, 2.45) is 0 Å². The summed E-state index contributed by atoms with van der Waals surface area (Å²) in [6.45, 7) is 1.84. The minimum absolute atomic E-state index is 0.195. The molecule has 2 rings (SSSR count). The van der Waals surface area contributed by atoms with Crippen molar-refractivity contribution in [1.82, 2.24) is 5.32 Å². The van der Waals surface area contributed by atoms with Gasteiger partial charge in [-0.15, -0.1) is 0 Å². The second kappa shape index (κ2) is 7.09. The van der Waals surface area contributed by atoms with Gasteiger partial charge in [0.15, 0.2) is 0 Å². The van der Waals surface area contributed by atoms with Crippen LogP contribution in [0.4, 0.5) is 0 Å². The summed E-state index contributed by atoms with van der Waals surface area (Å²) in [7, 11) is 0. The van der Waals surface area contributed by atoms with Gasteiger partial charge < -0.3 is 10.4 Å². The lowest BCUT2D eigenvalue weighted by atomic mass is 10.0. The van der Waals surface area contributed by atoms with E-state index in [2.05, 4.69) is 5.32 Å². The summed E-state index contributed by atoms with van der Waals surface area (Å²) in [6, 6.07) is 13.3. The van der Waals surface area contributed by atoms with Crippen LogP contribution in [0.1, 0.15) is 33.9 Å².